The number of nitrogens with zero attached hydrogens (tertiary/aromatic N) is 2. The number of amides is 1. The molecule has 1 aromatic heterocycles. The zero-order valence-electron chi connectivity index (χ0n) is 17.0. The van der Waals surface area contributed by atoms with Crippen molar-refractivity contribution in [1.29, 1.82) is 0 Å². The Morgan fingerprint density at radius 3 is 2.87 bits per heavy atom. The predicted octanol–water partition coefficient (Wildman–Crippen LogP) is 4.02. The first-order valence-electron chi connectivity index (χ1n) is 9.63. The summed E-state index contributed by atoms with van der Waals surface area (Å²) in [7, 11) is 0. The van der Waals surface area contributed by atoms with Gasteiger partial charge in [0.1, 0.15) is 5.75 Å². The van der Waals surface area contributed by atoms with Gasteiger partial charge in [0, 0.05) is 29.6 Å². The van der Waals surface area contributed by atoms with E-state index in [0.717, 1.165) is 29.0 Å². The van der Waals surface area contributed by atoms with Gasteiger partial charge >= 0.3 is 5.92 Å². The van der Waals surface area contributed by atoms with E-state index >= 15 is 0 Å². The number of ether oxygens (including phenoxy) is 1. The van der Waals surface area contributed by atoms with Crippen molar-refractivity contribution in [3.05, 3.63) is 59.1 Å². The first kappa shape index (κ1) is 24.9. The smallest absolute Gasteiger partial charge is 0.320 e. The SMILES string of the molecule is CCNC(=O)C1=C\CC\C=C/C(N)=C/1C=NCc1ccc(OCC(F)(F)C(F)I)cn1. The quantitative estimate of drug-likeness (QED) is 0.277. The number of nitrogens with two attached hydrogens (primary N) is 1. The molecular formula is C21H24F3IN4O2. The maximum Gasteiger partial charge on any atom is 0.320 e. The van der Waals surface area contributed by atoms with Crippen molar-refractivity contribution in [2.45, 2.75) is 36.4 Å². The van der Waals surface area contributed by atoms with Crippen LogP contribution in [0.15, 0.2) is 58.4 Å². The number of hydrogen-bond acceptors (Lipinski definition) is 5. The molecule has 0 bridgehead atoms. The summed E-state index contributed by atoms with van der Waals surface area (Å²) in [5.41, 5.74) is 8.09. The van der Waals surface area contributed by atoms with Crippen LogP contribution in [-0.2, 0) is 11.3 Å². The number of rotatable bonds is 9. The van der Waals surface area contributed by atoms with E-state index in [-0.39, 0.29) is 18.2 Å². The van der Waals surface area contributed by atoms with Crippen molar-refractivity contribution in [1.82, 2.24) is 10.3 Å². The fourth-order valence-corrected chi connectivity index (χ4v) is 2.75. The van der Waals surface area contributed by atoms with Gasteiger partial charge in [-0.1, -0.05) is 12.2 Å². The number of aromatic nitrogens is 1. The molecule has 0 fully saturated rings. The van der Waals surface area contributed by atoms with Crippen molar-refractivity contribution in [2.24, 2.45) is 10.7 Å². The van der Waals surface area contributed by atoms with Crippen LogP contribution in [-0.4, -0.2) is 40.4 Å². The number of nitrogens with one attached hydrogen (secondary N) is 1. The largest absolute Gasteiger partial charge is 0.486 e. The maximum absolute atomic E-state index is 13.3. The summed E-state index contributed by atoms with van der Waals surface area (Å²) in [6.07, 6.45) is 9.81. The first-order valence-corrected chi connectivity index (χ1v) is 10.9. The van der Waals surface area contributed by atoms with Crippen LogP contribution in [0.4, 0.5) is 13.2 Å². The summed E-state index contributed by atoms with van der Waals surface area (Å²) in [5.74, 6) is -3.71. The Balaban J connectivity index is 2.07. The molecule has 0 radical (unpaired) electrons. The Labute approximate surface area is 192 Å². The lowest BCUT2D eigenvalue weighted by Gasteiger charge is -2.16. The molecule has 168 valence electrons. The molecule has 1 aliphatic carbocycles. The topological polar surface area (TPSA) is 89.6 Å². The second-order valence-corrected chi connectivity index (χ2v) is 7.73. The number of likely N-dealkylation sites (N-methyl/N-ethyl adjacent to an activating group) is 1. The van der Waals surface area contributed by atoms with E-state index in [2.05, 4.69) is 15.3 Å². The molecule has 1 aliphatic rings. The van der Waals surface area contributed by atoms with E-state index in [1.54, 1.807) is 12.1 Å². The van der Waals surface area contributed by atoms with Gasteiger partial charge in [-0.05, 0) is 60.6 Å². The van der Waals surface area contributed by atoms with Crippen LogP contribution >= 0.6 is 22.6 Å². The zero-order chi connectivity index (χ0) is 22.9. The zero-order valence-corrected chi connectivity index (χ0v) is 19.1. The molecule has 0 aliphatic heterocycles. The van der Waals surface area contributed by atoms with Gasteiger partial charge in [0.25, 0.3) is 5.91 Å². The van der Waals surface area contributed by atoms with Gasteiger partial charge in [0.15, 0.2) is 6.61 Å². The average molecular weight is 548 g/mol. The normalized spacial score (nSPS) is 21.0. The van der Waals surface area contributed by atoms with Gasteiger partial charge < -0.3 is 15.8 Å². The van der Waals surface area contributed by atoms with E-state index in [1.165, 1.54) is 18.5 Å². The lowest BCUT2D eigenvalue weighted by atomic mass is 9.99. The van der Waals surface area contributed by atoms with Crippen LogP contribution in [0.1, 0.15) is 25.5 Å². The highest BCUT2D eigenvalue weighted by atomic mass is 127. The van der Waals surface area contributed by atoms with Crippen molar-refractivity contribution in [3.8, 4) is 5.75 Å². The number of alkyl halides is 4. The van der Waals surface area contributed by atoms with E-state index in [0.29, 0.717) is 35.5 Å². The molecule has 0 saturated heterocycles. The molecule has 2 rings (SSSR count). The molecule has 3 N–H and O–H groups in total. The van der Waals surface area contributed by atoms with Gasteiger partial charge in [0.2, 0.25) is 4.18 Å². The summed E-state index contributed by atoms with van der Waals surface area (Å²) >= 11 is 1.01. The molecule has 31 heavy (non-hydrogen) atoms. The van der Waals surface area contributed by atoms with Gasteiger partial charge in [0.05, 0.1) is 18.4 Å². The van der Waals surface area contributed by atoms with Crippen LogP contribution in [0.3, 0.4) is 0 Å². The highest BCUT2D eigenvalue weighted by molar-refractivity contribution is 14.1. The average Bonchev–Trinajstić information content (AvgIpc) is 2.72. The molecular weight excluding hydrogens is 524 g/mol. The molecule has 0 aromatic carbocycles. The summed E-state index contributed by atoms with van der Waals surface area (Å²) in [5, 5.41) is 2.77. The van der Waals surface area contributed by atoms with E-state index < -0.39 is 16.7 Å². The Kier molecular flexibility index (Phi) is 9.53. The Hall–Kier alpha value is -2.37. The van der Waals surface area contributed by atoms with Crippen LogP contribution in [0.5, 0.6) is 5.75 Å². The molecule has 0 spiro atoms. The lowest BCUT2D eigenvalue weighted by molar-refractivity contribution is -0.117. The van der Waals surface area contributed by atoms with E-state index in [4.69, 9.17) is 10.5 Å². The molecule has 1 heterocycles. The minimum atomic E-state index is -3.58. The van der Waals surface area contributed by atoms with Crippen molar-refractivity contribution >= 4 is 34.7 Å². The van der Waals surface area contributed by atoms with Crippen LogP contribution < -0.4 is 15.8 Å². The van der Waals surface area contributed by atoms with Gasteiger partial charge in [-0.25, -0.2) is 4.39 Å². The number of halogens is 4. The Bertz CT molecular complexity index is 881. The van der Waals surface area contributed by atoms with Crippen LogP contribution in [0.2, 0.25) is 0 Å². The number of carbonyl (C=O) groups is 1. The fourth-order valence-electron chi connectivity index (χ4n) is 2.57. The van der Waals surface area contributed by atoms with Crippen molar-refractivity contribution in [2.75, 3.05) is 13.2 Å². The summed E-state index contributed by atoms with van der Waals surface area (Å²) in [6.45, 7) is 1.43. The number of aliphatic imine (C=N–C) groups is 1. The second-order valence-electron chi connectivity index (χ2n) is 6.63. The van der Waals surface area contributed by atoms with Gasteiger partial charge in [-0.15, -0.1) is 0 Å². The lowest BCUT2D eigenvalue weighted by Crippen LogP contribution is -2.32. The number of allylic oxidation sites excluding steroid dienone is 3. The summed E-state index contributed by atoms with van der Waals surface area (Å²) in [6, 6.07) is 3.03. The number of pyridine rings is 1. The second kappa shape index (κ2) is 11.9. The minimum Gasteiger partial charge on any atom is -0.486 e. The standard InChI is InChI=1S/C21H24F3IN4O2/c1-2-28-19(30)16-6-4-3-5-7-18(26)17(16)12-27-10-14-8-9-15(11-29-14)31-13-21(23,24)20(22)25/h5-9,11-12,20H,2-4,10,13,26H2,1H3,(H,28,30)/b7-5-,16-6+,18-17-,27-12?. The molecule has 10 heteroatoms. The molecule has 1 atom stereocenters. The molecule has 0 saturated carbocycles. The number of carbonyl (C=O) groups excluding carboxylic acids is 1. The molecule has 1 aromatic rings. The monoisotopic (exact) mass is 548 g/mol. The molecule has 6 nitrogen and oxygen atoms in total. The first-order chi connectivity index (χ1) is 14.7. The third-order valence-corrected chi connectivity index (χ3v) is 5.10. The van der Waals surface area contributed by atoms with Crippen LogP contribution in [0, 0.1) is 0 Å². The minimum absolute atomic E-state index is 0.100. The Morgan fingerprint density at radius 2 is 2.23 bits per heavy atom. The van der Waals surface area contributed by atoms with E-state index in [9.17, 15) is 18.0 Å². The third kappa shape index (κ3) is 7.67. The van der Waals surface area contributed by atoms with E-state index in [1.807, 2.05) is 19.1 Å². The van der Waals surface area contributed by atoms with Gasteiger partial charge in [-0.2, -0.15) is 8.78 Å². The van der Waals surface area contributed by atoms with Crippen LogP contribution in [0.25, 0.3) is 0 Å². The molecule has 1 amide bonds. The number of hydrogen-bond donors (Lipinski definition) is 2. The fraction of sp³-hybridized carbons (Fsp3) is 0.381. The molecule has 1 unspecified atom stereocenters. The summed E-state index contributed by atoms with van der Waals surface area (Å²) in [4.78, 5) is 20.8. The van der Waals surface area contributed by atoms with Crippen molar-refractivity contribution < 1.29 is 22.7 Å². The maximum atomic E-state index is 13.3. The predicted molar refractivity (Wildman–Crippen MR) is 122 cm³/mol. The van der Waals surface area contributed by atoms with Gasteiger partial charge in [-0.3, -0.25) is 14.8 Å². The third-order valence-electron chi connectivity index (χ3n) is 4.18. The summed E-state index contributed by atoms with van der Waals surface area (Å²) < 4.78 is 41.9. The van der Waals surface area contributed by atoms with Crippen molar-refractivity contribution in [3.63, 3.8) is 0 Å². The highest BCUT2D eigenvalue weighted by Crippen LogP contribution is 2.27. The highest BCUT2D eigenvalue weighted by Gasteiger charge is 2.39. The Morgan fingerprint density at radius 1 is 1.45 bits per heavy atom.